The summed E-state index contributed by atoms with van der Waals surface area (Å²) in [5, 5.41) is 13.4. The van der Waals surface area contributed by atoms with E-state index in [4.69, 9.17) is 0 Å². The number of ketones is 1. The summed E-state index contributed by atoms with van der Waals surface area (Å²) in [6.45, 7) is -0.697. The Morgan fingerprint density at radius 1 is 0.968 bits per heavy atom. The van der Waals surface area contributed by atoms with Gasteiger partial charge in [0.05, 0.1) is 4.90 Å². The first-order valence-corrected chi connectivity index (χ1v) is 10.7. The number of anilines is 1. The third-order valence-electron chi connectivity index (χ3n) is 4.69. The van der Waals surface area contributed by atoms with Crippen molar-refractivity contribution in [2.75, 3.05) is 11.9 Å². The second-order valence-electron chi connectivity index (χ2n) is 6.68. The highest BCUT2D eigenvalue weighted by Crippen LogP contribution is 2.35. The summed E-state index contributed by atoms with van der Waals surface area (Å²) >= 11 is 0. The zero-order valence-electron chi connectivity index (χ0n) is 16.1. The SMILES string of the molecule is O=C(CN1/C(=C(/O)c2ccccc2)C(=O)c2ccccc2S1(=O)=O)Nc1ccncc1. The number of nitrogens with zero attached hydrogens (tertiary/aromatic N) is 2. The molecule has 0 saturated carbocycles. The molecule has 8 nitrogen and oxygen atoms in total. The van der Waals surface area contributed by atoms with E-state index < -0.39 is 39.7 Å². The number of pyridine rings is 1. The van der Waals surface area contributed by atoms with Crippen LogP contribution in [0.3, 0.4) is 0 Å². The third-order valence-corrected chi connectivity index (χ3v) is 6.49. The zero-order valence-corrected chi connectivity index (χ0v) is 16.9. The van der Waals surface area contributed by atoms with Crippen molar-refractivity contribution in [3.63, 3.8) is 0 Å². The van der Waals surface area contributed by atoms with Crippen LogP contribution in [0.5, 0.6) is 0 Å². The fourth-order valence-electron chi connectivity index (χ4n) is 3.25. The summed E-state index contributed by atoms with van der Waals surface area (Å²) in [4.78, 5) is 29.5. The summed E-state index contributed by atoms with van der Waals surface area (Å²) in [6.07, 6.45) is 2.94. The van der Waals surface area contributed by atoms with Crippen molar-refractivity contribution >= 4 is 33.2 Å². The number of carbonyl (C=O) groups excluding carboxylic acids is 2. The lowest BCUT2D eigenvalue weighted by Gasteiger charge is -2.31. The Balaban J connectivity index is 1.83. The van der Waals surface area contributed by atoms with Crippen LogP contribution in [0, 0.1) is 0 Å². The zero-order chi connectivity index (χ0) is 22.0. The van der Waals surface area contributed by atoms with Gasteiger partial charge in [0.25, 0.3) is 10.0 Å². The summed E-state index contributed by atoms with van der Waals surface area (Å²) in [6, 6.07) is 16.9. The van der Waals surface area contributed by atoms with Crippen LogP contribution >= 0.6 is 0 Å². The number of aliphatic hydroxyl groups excluding tert-OH is 1. The molecule has 9 heteroatoms. The van der Waals surface area contributed by atoms with Crippen molar-refractivity contribution < 1.29 is 23.1 Å². The van der Waals surface area contributed by atoms with Gasteiger partial charge in [0, 0.05) is 29.2 Å². The molecule has 1 aliphatic rings. The van der Waals surface area contributed by atoms with Gasteiger partial charge in [-0.05, 0) is 24.3 Å². The quantitative estimate of drug-likeness (QED) is 0.481. The van der Waals surface area contributed by atoms with E-state index in [1.807, 2.05) is 0 Å². The first-order valence-electron chi connectivity index (χ1n) is 9.24. The maximum absolute atomic E-state index is 13.3. The monoisotopic (exact) mass is 435 g/mol. The van der Waals surface area contributed by atoms with Crippen molar-refractivity contribution in [3.05, 3.63) is 95.9 Å². The molecule has 0 aliphatic carbocycles. The van der Waals surface area contributed by atoms with Gasteiger partial charge < -0.3 is 10.4 Å². The van der Waals surface area contributed by atoms with Crippen LogP contribution in [-0.2, 0) is 14.8 Å². The van der Waals surface area contributed by atoms with Crippen LogP contribution in [0.15, 0.2) is 89.7 Å². The number of hydrogen-bond acceptors (Lipinski definition) is 6. The number of fused-ring (bicyclic) bond motifs is 1. The highest BCUT2D eigenvalue weighted by atomic mass is 32.2. The van der Waals surface area contributed by atoms with Crippen molar-refractivity contribution in [2.45, 2.75) is 4.90 Å². The molecule has 2 N–H and O–H groups in total. The molecule has 0 atom stereocenters. The Morgan fingerprint density at radius 2 is 1.61 bits per heavy atom. The molecule has 156 valence electrons. The highest BCUT2D eigenvalue weighted by molar-refractivity contribution is 7.89. The number of Topliss-reactive ketones (excluding diaryl/α,β-unsaturated/α-hetero) is 1. The molecule has 2 heterocycles. The van der Waals surface area contributed by atoms with Crippen molar-refractivity contribution in [1.29, 1.82) is 0 Å². The standard InChI is InChI=1S/C22H17N3O5S/c26-19(24-16-10-12-23-13-11-16)14-25-20(21(27)15-6-2-1-3-7-15)22(28)17-8-4-5-9-18(17)31(25,29)30/h1-13,27H,14H2,(H,23,24,26)/b21-20+. The van der Waals surface area contributed by atoms with Crippen LogP contribution < -0.4 is 5.32 Å². The van der Waals surface area contributed by atoms with Gasteiger partial charge in [-0.3, -0.25) is 14.6 Å². The Morgan fingerprint density at radius 3 is 2.32 bits per heavy atom. The van der Waals surface area contributed by atoms with Crippen molar-refractivity contribution in [1.82, 2.24) is 9.29 Å². The summed E-state index contributed by atoms with van der Waals surface area (Å²) in [5.41, 5.74) is 0.125. The number of allylic oxidation sites excluding steroid dienone is 1. The molecule has 3 aromatic rings. The van der Waals surface area contributed by atoms with E-state index in [2.05, 4.69) is 10.3 Å². The van der Waals surface area contributed by atoms with Crippen molar-refractivity contribution in [2.24, 2.45) is 0 Å². The van der Waals surface area contributed by atoms with E-state index in [0.29, 0.717) is 9.99 Å². The molecule has 1 aromatic heterocycles. The molecule has 0 bridgehead atoms. The summed E-state index contributed by atoms with van der Waals surface area (Å²) < 4.78 is 27.3. The maximum atomic E-state index is 13.3. The topological polar surface area (TPSA) is 117 Å². The smallest absolute Gasteiger partial charge is 0.265 e. The molecule has 0 unspecified atom stereocenters. The first kappa shape index (κ1) is 20.3. The van der Waals surface area contributed by atoms with Crippen LogP contribution in [0.4, 0.5) is 5.69 Å². The molecule has 0 saturated heterocycles. The highest BCUT2D eigenvalue weighted by Gasteiger charge is 2.42. The number of hydrogen-bond donors (Lipinski definition) is 2. The lowest BCUT2D eigenvalue weighted by atomic mass is 10.0. The summed E-state index contributed by atoms with van der Waals surface area (Å²) in [7, 11) is -4.28. The fourth-order valence-corrected chi connectivity index (χ4v) is 4.87. The predicted molar refractivity (Wildman–Crippen MR) is 114 cm³/mol. The normalized spacial score (nSPS) is 16.4. The van der Waals surface area contributed by atoms with E-state index in [1.165, 1.54) is 48.8 Å². The van der Waals surface area contributed by atoms with Crippen molar-refractivity contribution in [3.8, 4) is 0 Å². The van der Waals surface area contributed by atoms with Gasteiger partial charge in [-0.25, -0.2) is 12.7 Å². The minimum absolute atomic E-state index is 0.0641. The van der Waals surface area contributed by atoms with E-state index in [0.717, 1.165) is 0 Å². The van der Waals surface area contributed by atoms with E-state index in [1.54, 1.807) is 30.3 Å². The van der Waals surface area contributed by atoms with Gasteiger partial charge in [0.2, 0.25) is 11.7 Å². The number of carbonyl (C=O) groups is 2. The van der Waals surface area contributed by atoms with Gasteiger partial charge in [-0.15, -0.1) is 0 Å². The first-order chi connectivity index (χ1) is 14.9. The number of amides is 1. The molecule has 0 spiro atoms. The predicted octanol–water partition coefficient (Wildman–Crippen LogP) is 2.83. The fraction of sp³-hybridized carbons (Fsp3) is 0.0455. The minimum Gasteiger partial charge on any atom is -0.505 e. The van der Waals surface area contributed by atoms with Crippen LogP contribution in [-0.4, -0.2) is 41.0 Å². The van der Waals surface area contributed by atoms with E-state index in [9.17, 15) is 23.1 Å². The molecule has 1 aliphatic heterocycles. The van der Waals surface area contributed by atoms with Crippen LogP contribution in [0.2, 0.25) is 0 Å². The van der Waals surface area contributed by atoms with Gasteiger partial charge >= 0.3 is 0 Å². The summed E-state index contributed by atoms with van der Waals surface area (Å²) in [5.74, 6) is -1.90. The molecule has 2 aromatic carbocycles. The molecule has 4 rings (SSSR count). The molecule has 31 heavy (non-hydrogen) atoms. The number of aromatic nitrogens is 1. The lowest BCUT2D eigenvalue weighted by Crippen LogP contribution is -2.43. The Labute approximate surface area is 178 Å². The minimum atomic E-state index is -4.28. The maximum Gasteiger partial charge on any atom is 0.265 e. The van der Waals surface area contributed by atoms with Gasteiger partial charge in [0.15, 0.2) is 5.76 Å². The average Bonchev–Trinajstić information content (AvgIpc) is 2.79. The largest absolute Gasteiger partial charge is 0.505 e. The number of nitrogens with one attached hydrogen (secondary N) is 1. The molecular weight excluding hydrogens is 418 g/mol. The molecule has 1 amide bonds. The lowest BCUT2D eigenvalue weighted by molar-refractivity contribution is -0.116. The van der Waals surface area contributed by atoms with E-state index in [-0.39, 0.29) is 16.0 Å². The number of aliphatic hydroxyl groups is 1. The molecular formula is C22H17N3O5S. The third kappa shape index (κ3) is 3.78. The second-order valence-corrected chi connectivity index (χ2v) is 8.52. The number of rotatable bonds is 4. The van der Waals surface area contributed by atoms with Crippen LogP contribution in [0.25, 0.3) is 5.76 Å². The number of sulfonamides is 1. The van der Waals surface area contributed by atoms with Crippen LogP contribution in [0.1, 0.15) is 15.9 Å². The molecule has 0 fully saturated rings. The van der Waals surface area contributed by atoms with Gasteiger partial charge in [-0.2, -0.15) is 0 Å². The number of benzene rings is 2. The second kappa shape index (κ2) is 8.04. The van der Waals surface area contributed by atoms with Gasteiger partial charge in [-0.1, -0.05) is 42.5 Å². The van der Waals surface area contributed by atoms with Gasteiger partial charge in [0.1, 0.15) is 12.2 Å². The van der Waals surface area contributed by atoms with E-state index >= 15 is 0 Å². The molecule has 0 radical (unpaired) electrons. The average molecular weight is 435 g/mol. The Hall–Kier alpha value is -3.98. The Bertz CT molecular complexity index is 1290. The Kier molecular flexibility index (Phi) is 5.26.